The molecule has 0 saturated carbocycles. The number of hydrogen-bond acceptors (Lipinski definition) is 2. The van der Waals surface area contributed by atoms with Gasteiger partial charge in [0.2, 0.25) is 0 Å². The van der Waals surface area contributed by atoms with Crippen molar-refractivity contribution in [3.63, 3.8) is 0 Å². The molecule has 1 aliphatic rings. The van der Waals surface area contributed by atoms with Crippen LogP contribution < -0.4 is 10.1 Å². The van der Waals surface area contributed by atoms with Crippen LogP contribution >= 0.6 is 0 Å². The van der Waals surface area contributed by atoms with E-state index in [1.165, 1.54) is 11.1 Å². The molecule has 126 valence electrons. The normalized spacial score (nSPS) is 16.9. The lowest BCUT2D eigenvalue weighted by Gasteiger charge is -2.25. The first-order valence-corrected chi connectivity index (χ1v) is 8.41. The summed E-state index contributed by atoms with van der Waals surface area (Å²) >= 11 is 0. The lowest BCUT2D eigenvalue weighted by atomic mass is 10.0. The van der Waals surface area contributed by atoms with Gasteiger partial charge in [-0.3, -0.25) is 0 Å². The van der Waals surface area contributed by atoms with E-state index in [1.54, 1.807) is 7.11 Å². The number of ether oxygens (including phenoxy) is 1. The average Bonchev–Trinajstić information content (AvgIpc) is 3.11. The number of nitrogens with one attached hydrogen (secondary N) is 1. The Balaban J connectivity index is 1.63. The van der Waals surface area contributed by atoms with Crippen molar-refractivity contribution >= 4 is 6.03 Å². The van der Waals surface area contributed by atoms with Gasteiger partial charge in [-0.2, -0.15) is 0 Å². The Labute approximate surface area is 143 Å². The maximum absolute atomic E-state index is 12.6. The second-order valence-corrected chi connectivity index (χ2v) is 6.27. The number of benzene rings is 2. The largest absolute Gasteiger partial charge is 0.497 e. The van der Waals surface area contributed by atoms with Gasteiger partial charge < -0.3 is 15.0 Å². The van der Waals surface area contributed by atoms with Crippen LogP contribution in [0.3, 0.4) is 0 Å². The lowest BCUT2D eigenvalue weighted by molar-refractivity contribution is 0.192. The van der Waals surface area contributed by atoms with Gasteiger partial charge >= 0.3 is 6.03 Å². The Morgan fingerprint density at radius 1 is 1.17 bits per heavy atom. The highest BCUT2D eigenvalue weighted by molar-refractivity contribution is 5.75. The minimum absolute atomic E-state index is 0.00823. The number of urea groups is 1. The van der Waals surface area contributed by atoms with E-state index in [0.717, 1.165) is 30.7 Å². The van der Waals surface area contributed by atoms with E-state index in [4.69, 9.17) is 4.74 Å². The molecule has 3 rings (SSSR count). The Kier molecular flexibility index (Phi) is 5.04. The first kappa shape index (κ1) is 16.4. The van der Waals surface area contributed by atoms with Crippen molar-refractivity contribution in [1.29, 1.82) is 0 Å². The molecular formula is C20H24N2O2. The van der Waals surface area contributed by atoms with E-state index in [2.05, 4.69) is 48.6 Å². The third-order valence-electron chi connectivity index (χ3n) is 4.58. The molecule has 1 fully saturated rings. The quantitative estimate of drug-likeness (QED) is 0.922. The fourth-order valence-electron chi connectivity index (χ4n) is 3.17. The number of carbonyl (C=O) groups excluding carboxylic acids is 1. The number of rotatable bonds is 4. The number of likely N-dealkylation sites (tertiary alicyclic amines) is 1. The fraction of sp³-hybridized carbons (Fsp3) is 0.350. The summed E-state index contributed by atoms with van der Waals surface area (Å²) in [7, 11) is 1.66. The van der Waals surface area contributed by atoms with Gasteiger partial charge in [0, 0.05) is 13.1 Å². The van der Waals surface area contributed by atoms with Crippen molar-refractivity contribution in [1.82, 2.24) is 10.2 Å². The van der Waals surface area contributed by atoms with E-state index in [9.17, 15) is 4.79 Å². The topological polar surface area (TPSA) is 41.6 Å². The minimum Gasteiger partial charge on any atom is -0.497 e. The van der Waals surface area contributed by atoms with Crippen molar-refractivity contribution in [2.75, 3.05) is 13.7 Å². The fourth-order valence-corrected chi connectivity index (χ4v) is 3.17. The first-order valence-electron chi connectivity index (χ1n) is 8.41. The molecule has 2 aromatic carbocycles. The van der Waals surface area contributed by atoms with Crippen LogP contribution in [0.15, 0.2) is 48.5 Å². The molecule has 2 amide bonds. The summed E-state index contributed by atoms with van der Waals surface area (Å²) in [5, 5.41) is 3.04. The predicted octanol–water partition coefficient (Wildman–Crippen LogP) is 4.05. The van der Waals surface area contributed by atoms with Gasteiger partial charge in [0.15, 0.2) is 0 Å². The third-order valence-corrected chi connectivity index (χ3v) is 4.58. The summed E-state index contributed by atoms with van der Waals surface area (Å²) in [5.74, 6) is 0.840. The SMILES string of the molecule is COc1ccc(C2CCCN2C(=O)NCc2ccc(C)cc2)cc1. The number of amides is 2. The summed E-state index contributed by atoms with van der Waals surface area (Å²) in [4.78, 5) is 14.5. The predicted molar refractivity (Wildman–Crippen MR) is 95.1 cm³/mol. The molecule has 1 N–H and O–H groups in total. The van der Waals surface area contributed by atoms with Crippen LogP contribution in [0.25, 0.3) is 0 Å². The Morgan fingerprint density at radius 2 is 1.88 bits per heavy atom. The molecule has 0 aliphatic carbocycles. The molecule has 4 heteroatoms. The molecule has 0 radical (unpaired) electrons. The highest BCUT2D eigenvalue weighted by Crippen LogP contribution is 2.32. The van der Waals surface area contributed by atoms with E-state index < -0.39 is 0 Å². The van der Waals surface area contributed by atoms with Crippen LogP contribution in [0, 0.1) is 6.92 Å². The Bertz CT molecular complexity index is 680. The second-order valence-electron chi connectivity index (χ2n) is 6.27. The summed E-state index contributed by atoms with van der Waals surface area (Å²) in [6, 6.07) is 16.4. The van der Waals surface area contributed by atoms with Crippen molar-refractivity contribution < 1.29 is 9.53 Å². The van der Waals surface area contributed by atoms with Crippen molar-refractivity contribution in [2.45, 2.75) is 32.4 Å². The van der Waals surface area contributed by atoms with Crippen molar-refractivity contribution in [3.05, 3.63) is 65.2 Å². The van der Waals surface area contributed by atoms with Gasteiger partial charge in [-0.25, -0.2) is 4.79 Å². The smallest absolute Gasteiger partial charge is 0.318 e. The van der Waals surface area contributed by atoms with Gasteiger partial charge in [-0.05, 0) is 43.0 Å². The maximum atomic E-state index is 12.6. The molecule has 1 heterocycles. The molecule has 1 saturated heterocycles. The molecule has 1 aliphatic heterocycles. The van der Waals surface area contributed by atoms with Gasteiger partial charge in [0.1, 0.15) is 5.75 Å². The molecular weight excluding hydrogens is 300 g/mol. The number of nitrogens with zero attached hydrogens (tertiary/aromatic N) is 1. The zero-order valence-electron chi connectivity index (χ0n) is 14.3. The number of aryl methyl sites for hydroxylation is 1. The molecule has 1 unspecified atom stereocenters. The summed E-state index contributed by atoms with van der Waals surface area (Å²) in [6.07, 6.45) is 2.04. The van der Waals surface area contributed by atoms with E-state index in [-0.39, 0.29) is 12.1 Å². The standard InChI is InChI=1S/C20H24N2O2/c1-15-5-7-16(8-6-15)14-21-20(23)22-13-3-4-19(22)17-9-11-18(24-2)12-10-17/h5-12,19H,3-4,13-14H2,1-2H3,(H,21,23). The second kappa shape index (κ2) is 7.39. The lowest BCUT2D eigenvalue weighted by Crippen LogP contribution is -2.39. The van der Waals surface area contributed by atoms with Gasteiger partial charge in [0.05, 0.1) is 13.2 Å². The van der Waals surface area contributed by atoms with Crippen LogP contribution in [-0.4, -0.2) is 24.6 Å². The molecule has 4 nitrogen and oxygen atoms in total. The number of hydrogen-bond donors (Lipinski definition) is 1. The zero-order chi connectivity index (χ0) is 16.9. The van der Waals surface area contributed by atoms with Crippen LogP contribution in [0.5, 0.6) is 5.75 Å². The third kappa shape index (κ3) is 3.70. The average molecular weight is 324 g/mol. The summed E-state index contributed by atoms with van der Waals surface area (Å²) in [5.41, 5.74) is 3.51. The van der Waals surface area contributed by atoms with Crippen molar-refractivity contribution in [3.8, 4) is 5.75 Å². The Hall–Kier alpha value is -2.49. The molecule has 0 spiro atoms. The molecule has 0 bridgehead atoms. The van der Waals surface area contributed by atoms with E-state index >= 15 is 0 Å². The molecule has 0 aromatic heterocycles. The van der Waals surface area contributed by atoms with Crippen LogP contribution in [-0.2, 0) is 6.54 Å². The number of methoxy groups -OCH3 is 1. The monoisotopic (exact) mass is 324 g/mol. The Morgan fingerprint density at radius 3 is 2.54 bits per heavy atom. The molecule has 1 atom stereocenters. The van der Waals surface area contributed by atoms with Crippen LogP contribution in [0.2, 0.25) is 0 Å². The van der Waals surface area contributed by atoms with Crippen LogP contribution in [0.1, 0.15) is 35.6 Å². The maximum Gasteiger partial charge on any atom is 0.318 e. The highest BCUT2D eigenvalue weighted by atomic mass is 16.5. The van der Waals surface area contributed by atoms with Gasteiger partial charge in [-0.15, -0.1) is 0 Å². The minimum atomic E-state index is 0.00823. The zero-order valence-corrected chi connectivity index (χ0v) is 14.3. The van der Waals surface area contributed by atoms with E-state index in [1.807, 2.05) is 17.0 Å². The van der Waals surface area contributed by atoms with E-state index in [0.29, 0.717) is 6.54 Å². The molecule has 24 heavy (non-hydrogen) atoms. The van der Waals surface area contributed by atoms with Gasteiger partial charge in [0.25, 0.3) is 0 Å². The summed E-state index contributed by atoms with van der Waals surface area (Å²) in [6.45, 7) is 3.42. The summed E-state index contributed by atoms with van der Waals surface area (Å²) < 4.78 is 5.21. The molecule has 2 aromatic rings. The van der Waals surface area contributed by atoms with Gasteiger partial charge in [-0.1, -0.05) is 42.0 Å². The first-order chi connectivity index (χ1) is 11.7. The van der Waals surface area contributed by atoms with Crippen molar-refractivity contribution in [2.24, 2.45) is 0 Å². The highest BCUT2D eigenvalue weighted by Gasteiger charge is 2.29. The van der Waals surface area contributed by atoms with Crippen LogP contribution in [0.4, 0.5) is 4.79 Å². The number of carbonyl (C=O) groups is 1.